The maximum atomic E-state index is 5.87. The van der Waals surface area contributed by atoms with Gasteiger partial charge in [-0.15, -0.1) is 0 Å². The number of hydrogen-bond donors (Lipinski definition) is 1. The van der Waals surface area contributed by atoms with Crippen LogP contribution in [-0.4, -0.2) is 6.04 Å². The molecule has 2 atom stereocenters. The summed E-state index contributed by atoms with van der Waals surface area (Å²) in [5.41, 5.74) is 5.87. The van der Waals surface area contributed by atoms with Crippen molar-refractivity contribution in [3.8, 4) is 0 Å². The molecule has 0 aliphatic carbocycles. The molecular formula is C10H25N. The van der Waals surface area contributed by atoms with Crippen molar-refractivity contribution < 1.29 is 0 Å². The minimum Gasteiger partial charge on any atom is -0.327 e. The largest absolute Gasteiger partial charge is 0.327 e. The molecule has 0 heterocycles. The van der Waals surface area contributed by atoms with Crippen LogP contribution in [0, 0.1) is 11.8 Å². The lowest BCUT2D eigenvalue weighted by atomic mass is 9.91. The lowest BCUT2D eigenvalue weighted by molar-refractivity contribution is 0.356. The first-order valence-electron chi connectivity index (χ1n) is 4.85. The Morgan fingerprint density at radius 2 is 1.45 bits per heavy atom. The van der Waals surface area contributed by atoms with Gasteiger partial charge in [-0.25, -0.2) is 0 Å². The van der Waals surface area contributed by atoms with E-state index in [0.29, 0.717) is 17.9 Å². The molecule has 0 aliphatic heterocycles. The zero-order valence-electron chi connectivity index (χ0n) is 9.02. The Hall–Kier alpha value is -0.0400. The van der Waals surface area contributed by atoms with Crippen LogP contribution in [0.5, 0.6) is 0 Å². The Morgan fingerprint density at radius 3 is 1.55 bits per heavy atom. The van der Waals surface area contributed by atoms with E-state index in [2.05, 4.69) is 27.7 Å². The molecule has 0 amide bonds. The van der Waals surface area contributed by atoms with Gasteiger partial charge in [-0.1, -0.05) is 48.0 Å². The van der Waals surface area contributed by atoms with Gasteiger partial charge in [0.05, 0.1) is 0 Å². The van der Waals surface area contributed by atoms with Gasteiger partial charge >= 0.3 is 0 Å². The van der Waals surface area contributed by atoms with Crippen molar-refractivity contribution in [1.29, 1.82) is 0 Å². The Bertz CT molecular complexity index is 69.3. The Balaban J connectivity index is 0. The molecule has 0 bridgehead atoms. The van der Waals surface area contributed by atoms with Crippen molar-refractivity contribution in [2.24, 2.45) is 17.6 Å². The lowest BCUT2D eigenvalue weighted by Crippen LogP contribution is -2.32. The molecule has 0 saturated heterocycles. The quantitative estimate of drug-likeness (QED) is 0.673. The van der Waals surface area contributed by atoms with Gasteiger partial charge in [0.15, 0.2) is 0 Å². The van der Waals surface area contributed by atoms with Gasteiger partial charge in [-0.3, -0.25) is 0 Å². The van der Waals surface area contributed by atoms with E-state index in [1.807, 2.05) is 13.8 Å². The molecule has 0 aliphatic rings. The van der Waals surface area contributed by atoms with Gasteiger partial charge in [-0.05, 0) is 11.8 Å². The van der Waals surface area contributed by atoms with Gasteiger partial charge in [0.1, 0.15) is 0 Å². The molecule has 2 unspecified atom stereocenters. The molecule has 0 aromatic rings. The first kappa shape index (κ1) is 13.5. The fourth-order valence-electron chi connectivity index (χ4n) is 0.929. The summed E-state index contributed by atoms with van der Waals surface area (Å²) in [5.74, 6) is 1.30. The average Bonchev–Trinajstić information content (AvgIpc) is 2.05. The summed E-state index contributed by atoms with van der Waals surface area (Å²) in [7, 11) is 0. The predicted octanol–water partition coefficient (Wildman–Crippen LogP) is 3.04. The van der Waals surface area contributed by atoms with Crippen molar-refractivity contribution in [2.45, 2.75) is 54.0 Å². The molecule has 0 fully saturated rings. The summed E-state index contributed by atoms with van der Waals surface area (Å²) in [6.07, 6.45) is 1.19. The van der Waals surface area contributed by atoms with Crippen molar-refractivity contribution in [3.63, 3.8) is 0 Å². The summed E-state index contributed by atoms with van der Waals surface area (Å²) < 4.78 is 0. The van der Waals surface area contributed by atoms with Crippen LogP contribution in [-0.2, 0) is 0 Å². The smallest absolute Gasteiger partial charge is 0.00876 e. The van der Waals surface area contributed by atoms with Crippen molar-refractivity contribution in [2.75, 3.05) is 0 Å². The molecule has 0 rings (SSSR count). The number of nitrogens with two attached hydrogens (primary N) is 1. The molecule has 0 spiro atoms. The monoisotopic (exact) mass is 159 g/mol. The zero-order chi connectivity index (χ0) is 9.44. The molecule has 11 heavy (non-hydrogen) atoms. The van der Waals surface area contributed by atoms with E-state index in [1.54, 1.807) is 0 Å². The first-order valence-corrected chi connectivity index (χ1v) is 4.85. The van der Waals surface area contributed by atoms with Gasteiger partial charge < -0.3 is 5.73 Å². The summed E-state index contributed by atoms with van der Waals surface area (Å²) in [4.78, 5) is 0. The molecule has 70 valence electrons. The zero-order valence-corrected chi connectivity index (χ0v) is 9.02. The first-order chi connectivity index (χ1) is 5.09. The van der Waals surface area contributed by atoms with Crippen LogP contribution >= 0.6 is 0 Å². The third-order valence-electron chi connectivity index (χ3n) is 2.07. The Kier molecular flexibility index (Phi) is 9.92. The van der Waals surface area contributed by atoms with Crippen molar-refractivity contribution >= 4 is 0 Å². The molecule has 0 saturated carbocycles. The maximum Gasteiger partial charge on any atom is 0.00876 e. The standard InChI is InChI=1S/C8H19N.C2H6/c1-5-7(4)8(9)6(2)3;1-2/h6-8H,5,9H2,1-4H3;1-2H3. The molecule has 0 aromatic heterocycles. The second-order valence-corrected chi connectivity index (χ2v) is 3.21. The number of rotatable bonds is 3. The maximum absolute atomic E-state index is 5.87. The average molecular weight is 159 g/mol. The highest BCUT2D eigenvalue weighted by Gasteiger charge is 2.13. The summed E-state index contributed by atoms with van der Waals surface area (Å²) in [5, 5.41) is 0. The molecule has 0 radical (unpaired) electrons. The van der Waals surface area contributed by atoms with E-state index < -0.39 is 0 Å². The fraction of sp³-hybridized carbons (Fsp3) is 1.00. The lowest BCUT2D eigenvalue weighted by Gasteiger charge is -2.21. The fourth-order valence-corrected chi connectivity index (χ4v) is 0.929. The van der Waals surface area contributed by atoms with Gasteiger partial charge in [0.25, 0.3) is 0 Å². The third kappa shape index (κ3) is 6.36. The van der Waals surface area contributed by atoms with Crippen molar-refractivity contribution in [1.82, 2.24) is 0 Å². The Labute approximate surface area is 72.4 Å². The van der Waals surface area contributed by atoms with Crippen LogP contribution in [0.15, 0.2) is 0 Å². The van der Waals surface area contributed by atoms with Gasteiger partial charge in [0, 0.05) is 6.04 Å². The third-order valence-corrected chi connectivity index (χ3v) is 2.07. The van der Waals surface area contributed by atoms with Gasteiger partial charge in [0.2, 0.25) is 0 Å². The molecular weight excluding hydrogens is 134 g/mol. The van der Waals surface area contributed by atoms with Crippen LogP contribution in [0.2, 0.25) is 0 Å². The summed E-state index contributed by atoms with van der Waals surface area (Å²) in [6.45, 7) is 12.8. The highest BCUT2D eigenvalue weighted by Crippen LogP contribution is 2.12. The SMILES string of the molecule is CC.CCC(C)C(N)C(C)C. The normalized spacial score (nSPS) is 15.3. The second-order valence-electron chi connectivity index (χ2n) is 3.21. The van der Waals surface area contributed by atoms with E-state index in [-0.39, 0.29) is 0 Å². The summed E-state index contributed by atoms with van der Waals surface area (Å²) >= 11 is 0. The second kappa shape index (κ2) is 8.06. The van der Waals surface area contributed by atoms with E-state index in [0.717, 1.165) is 0 Å². The topological polar surface area (TPSA) is 26.0 Å². The summed E-state index contributed by atoms with van der Waals surface area (Å²) in [6, 6.07) is 0.384. The van der Waals surface area contributed by atoms with Crippen LogP contribution in [0.1, 0.15) is 48.0 Å². The predicted molar refractivity (Wildman–Crippen MR) is 53.6 cm³/mol. The van der Waals surface area contributed by atoms with E-state index in [4.69, 9.17) is 5.73 Å². The van der Waals surface area contributed by atoms with Gasteiger partial charge in [-0.2, -0.15) is 0 Å². The minimum absolute atomic E-state index is 0.384. The highest BCUT2D eigenvalue weighted by atomic mass is 14.7. The highest BCUT2D eigenvalue weighted by molar-refractivity contribution is 4.70. The van der Waals surface area contributed by atoms with Crippen LogP contribution < -0.4 is 5.73 Å². The van der Waals surface area contributed by atoms with E-state index in [9.17, 15) is 0 Å². The molecule has 2 N–H and O–H groups in total. The number of hydrogen-bond acceptors (Lipinski definition) is 1. The van der Waals surface area contributed by atoms with Crippen LogP contribution in [0.4, 0.5) is 0 Å². The molecule has 1 heteroatoms. The van der Waals surface area contributed by atoms with E-state index in [1.165, 1.54) is 6.42 Å². The van der Waals surface area contributed by atoms with Crippen molar-refractivity contribution in [3.05, 3.63) is 0 Å². The Morgan fingerprint density at radius 1 is 1.09 bits per heavy atom. The van der Waals surface area contributed by atoms with Crippen LogP contribution in [0.3, 0.4) is 0 Å². The molecule has 1 nitrogen and oxygen atoms in total. The van der Waals surface area contributed by atoms with Crippen LogP contribution in [0.25, 0.3) is 0 Å². The molecule has 0 aromatic carbocycles. The van der Waals surface area contributed by atoms with E-state index >= 15 is 0 Å². The minimum atomic E-state index is 0.384.